The highest BCUT2D eigenvalue weighted by Crippen LogP contribution is 2.34. The zero-order valence-electron chi connectivity index (χ0n) is 10.2. The van der Waals surface area contributed by atoms with Gasteiger partial charge >= 0.3 is 17.8 Å². The molecule has 1 aromatic rings. The number of nitrogens with zero attached hydrogens (tertiary/aromatic N) is 3. The highest BCUT2D eigenvalue weighted by atomic mass is 19.4. The van der Waals surface area contributed by atoms with E-state index in [0.717, 1.165) is 12.1 Å². The molecule has 0 unspecified atom stereocenters. The minimum absolute atomic E-state index is 0.500. The summed E-state index contributed by atoms with van der Waals surface area (Å²) in [6.07, 6.45) is -6.66. The molecule has 0 saturated heterocycles. The summed E-state index contributed by atoms with van der Waals surface area (Å²) in [6, 6.07) is 2.03. The van der Waals surface area contributed by atoms with Gasteiger partial charge in [-0.1, -0.05) is 0 Å². The van der Waals surface area contributed by atoms with E-state index in [9.17, 15) is 42.2 Å². The lowest BCUT2D eigenvalue weighted by molar-refractivity contribution is -0.393. The largest absolute Gasteiger partial charge is 0.459 e. The normalized spacial score (nSPS) is 12.4. The minimum Gasteiger partial charge on any atom is -0.272 e. The fraction of sp³-hybridized carbons (Fsp3) is 0.222. The highest BCUT2D eigenvalue weighted by molar-refractivity contribution is 5.71. The van der Waals surface area contributed by atoms with Crippen LogP contribution in [0.1, 0.15) is 0 Å². The molecule has 0 saturated carbocycles. The van der Waals surface area contributed by atoms with Crippen LogP contribution < -0.4 is 5.43 Å². The quantitative estimate of drug-likeness (QED) is 0.386. The molecule has 0 spiro atoms. The van der Waals surface area contributed by atoms with E-state index in [1.54, 1.807) is 5.43 Å². The van der Waals surface area contributed by atoms with Crippen LogP contribution in [0.5, 0.6) is 0 Å². The number of hydrogen-bond acceptors (Lipinski definition) is 6. The lowest BCUT2D eigenvalue weighted by Gasteiger charge is -2.14. The molecule has 0 atom stereocenters. The molecule has 0 fully saturated rings. The summed E-state index contributed by atoms with van der Waals surface area (Å²) in [5.41, 5.74) is -0.559. The molecular formula is C9H5F5N4O4. The molecule has 1 rings (SSSR count). The van der Waals surface area contributed by atoms with E-state index in [-0.39, 0.29) is 0 Å². The van der Waals surface area contributed by atoms with Crippen LogP contribution in [0.3, 0.4) is 0 Å². The molecule has 1 aromatic carbocycles. The van der Waals surface area contributed by atoms with Gasteiger partial charge in [0.25, 0.3) is 5.69 Å². The summed E-state index contributed by atoms with van der Waals surface area (Å²) in [5, 5.41) is 23.7. The third-order valence-electron chi connectivity index (χ3n) is 2.18. The standard InChI is InChI=1S/C9H5F5N4O4/c10-8(11,9(12,13)14)4-15-16-6-2-1-5(17(19)20)3-7(6)18(21)22/h1-4,16H. The van der Waals surface area contributed by atoms with Gasteiger partial charge < -0.3 is 0 Å². The van der Waals surface area contributed by atoms with Crippen molar-refractivity contribution in [1.82, 2.24) is 0 Å². The molecule has 0 aliphatic carbocycles. The predicted octanol–water partition coefficient (Wildman–Crippen LogP) is 3.10. The zero-order valence-corrected chi connectivity index (χ0v) is 10.2. The second kappa shape index (κ2) is 5.87. The van der Waals surface area contributed by atoms with Crippen molar-refractivity contribution in [2.75, 3.05) is 5.43 Å². The summed E-state index contributed by atoms with van der Waals surface area (Å²) in [5.74, 6) is -5.24. The van der Waals surface area contributed by atoms with Gasteiger partial charge in [0.05, 0.1) is 15.9 Å². The number of nitro groups is 2. The Labute approximate surface area is 117 Å². The molecule has 0 amide bonds. The molecule has 1 N–H and O–H groups in total. The Bertz CT molecular complexity index is 631. The smallest absolute Gasteiger partial charge is 0.272 e. The number of alkyl halides is 5. The van der Waals surface area contributed by atoms with Crippen LogP contribution in [-0.2, 0) is 0 Å². The van der Waals surface area contributed by atoms with Crippen molar-refractivity contribution in [2.24, 2.45) is 5.10 Å². The Morgan fingerprint density at radius 1 is 1.09 bits per heavy atom. The number of nitrogens with one attached hydrogen (secondary N) is 1. The number of hydrazone groups is 1. The van der Waals surface area contributed by atoms with Crippen LogP contribution >= 0.6 is 0 Å². The third kappa shape index (κ3) is 3.83. The van der Waals surface area contributed by atoms with Gasteiger partial charge in [-0.25, -0.2) is 0 Å². The molecular weight excluding hydrogens is 323 g/mol. The lowest BCUT2D eigenvalue weighted by atomic mass is 10.2. The van der Waals surface area contributed by atoms with Crippen LogP contribution in [0.2, 0.25) is 0 Å². The van der Waals surface area contributed by atoms with Gasteiger partial charge in [-0.2, -0.15) is 27.1 Å². The van der Waals surface area contributed by atoms with Crippen molar-refractivity contribution in [3.05, 3.63) is 38.4 Å². The molecule has 0 aromatic heterocycles. The SMILES string of the molecule is O=[N+]([O-])c1ccc(NN=CC(F)(F)C(F)(F)F)c([N+](=O)[O-])c1. The number of rotatable bonds is 5. The maximum Gasteiger partial charge on any atom is 0.459 e. The molecule has 0 aliphatic rings. The lowest BCUT2D eigenvalue weighted by Crippen LogP contribution is -2.38. The van der Waals surface area contributed by atoms with Crippen molar-refractivity contribution in [2.45, 2.75) is 12.1 Å². The Kier molecular flexibility index (Phi) is 4.58. The zero-order chi connectivity index (χ0) is 17.1. The Morgan fingerprint density at radius 3 is 2.14 bits per heavy atom. The van der Waals surface area contributed by atoms with Crippen molar-refractivity contribution < 1.29 is 31.8 Å². The van der Waals surface area contributed by atoms with Crippen LogP contribution in [0.25, 0.3) is 0 Å². The van der Waals surface area contributed by atoms with E-state index >= 15 is 0 Å². The first-order chi connectivity index (χ1) is 9.95. The molecule has 13 heteroatoms. The topological polar surface area (TPSA) is 111 Å². The van der Waals surface area contributed by atoms with Crippen molar-refractivity contribution in [1.29, 1.82) is 0 Å². The van der Waals surface area contributed by atoms with Gasteiger partial charge in [-0.15, -0.1) is 0 Å². The summed E-state index contributed by atoms with van der Waals surface area (Å²) in [6.45, 7) is 0. The maximum atomic E-state index is 12.5. The Morgan fingerprint density at radius 2 is 1.68 bits per heavy atom. The van der Waals surface area contributed by atoms with Gasteiger partial charge in [0, 0.05) is 6.07 Å². The molecule has 8 nitrogen and oxygen atoms in total. The van der Waals surface area contributed by atoms with Gasteiger partial charge in [0.15, 0.2) is 0 Å². The summed E-state index contributed by atoms with van der Waals surface area (Å²) < 4.78 is 60.6. The first kappa shape index (κ1) is 17.2. The predicted molar refractivity (Wildman–Crippen MR) is 62.9 cm³/mol. The molecule has 0 radical (unpaired) electrons. The first-order valence-corrected chi connectivity index (χ1v) is 5.13. The monoisotopic (exact) mass is 328 g/mol. The minimum atomic E-state index is -5.88. The number of non-ortho nitro benzene ring substituents is 1. The van der Waals surface area contributed by atoms with Crippen LogP contribution in [-0.4, -0.2) is 28.2 Å². The Hall–Kier alpha value is -2.86. The summed E-state index contributed by atoms with van der Waals surface area (Å²) in [7, 11) is 0. The van der Waals surface area contributed by atoms with Crippen molar-refractivity contribution >= 4 is 23.3 Å². The van der Waals surface area contributed by atoms with E-state index in [0.29, 0.717) is 6.07 Å². The average molecular weight is 328 g/mol. The van der Waals surface area contributed by atoms with E-state index in [2.05, 4.69) is 5.10 Å². The van der Waals surface area contributed by atoms with Gasteiger partial charge in [-0.05, 0) is 6.07 Å². The van der Waals surface area contributed by atoms with Gasteiger partial charge in [-0.3, -0.25) is 25.7 Å². The van der Waals surface area contributed by atoms with Gasteiger partial charge in [0.2, 0.25) is 0 Å². The number of hydrogen-bond donors (Lipinski definition) is 1. The van der Waals surface area contributed by atoms with Crippen LogP contribution in [0.4, 0.5) is 39.0 Å². The van der Waals surface area contributed by atoms with E-state index in [1.807, 2.05) is 0 Å². The fourth-order valence-electron chi connectivity index (χ4n) is 1.14. The maximum absolute atomic E-state index is 12.5. The third-order valence-corrected chi connectivity index (χ3v) is 2.18. The van der Waals surface area contributed by atoms with Crippen LogP contribution in [0.15, 0.2) is 23.3 Å². The van der Waals surface area contributed by atoms with Crippen molar-refractivity contribution in [3.8, 4) is 0 Å². The van der Waals surface area contributed by atoms with Gasteiger partial charge in [0.1, 0.15) is 11.9 Å². The van der Waals surface area contributed by atoms with Crippen LogP contribution in [0, 0.1) is 20.2 Å². The molecule has 120 valence electrons. The number of halogens is 5. The average Bonchev–Trinajstić information content (AvgIpc) is 2.36. The number of anilines is 1. The first-order valence-electron chi connectivity index (χ1n) is 5.13. The van der Waals surface area contributed by atoms with E-state index in [4.69, 9.17) is 0 Å². The Balaban J connectivity index is 3.04. The highest BCUT2D eigenvalue weighted by Gasteiger charge is 2.56. The second-order valence-corrected chi connectivity index (χ2v) is 3.71. The van der Waals surface area contributed by atoms with E-state index in [1.165, 1.54) is 0 Å². The van der Waals surface area contributed by atoms with E-state index < -0.39 is 45.2 Å². The molecule has 0 aliphatic heterocycles. The second-order valence-electron chi connectivity index (χ2n) is 3.71. The summed E-state index contributed by atoms with van der Waals surface area (Å²) in [4.78, 5) is 19.1. The van der Waals surface area contributed by atoms with Crippen molar-refractivity contribution in [3.63, 3.8) is 0 Å². The number of benzene rings is 1. The molecule has 0 bridgehead atoms. The molecule has 22 heavy (non-hydrogen) atoms. The summed E-state index contributed by atoms with van der Waals surface area (Å²) >= 11 is 0. The fourth-order valence-corrected chi connectivity index (χ4v) is 1.14. The number of nitro benzene ring substituents is 2. The molecule has 0 heterocycles.